The second kappa shape index (κ2) is 7.31. The molecule has 0 spiro atoms. The lowest BCUT2D eigenvalue weighted by atomic mass is 10.1. The van der Waals surface area contributed by atoms with Crippen molar-refractivity contribution < 1.29 is 4.74 Å². The fourth-order valence-corrected chi connectivity index (χ4v) is 3.04. The van der Waals surface area contributed by atoms with E-state index in [4.69, 9.17) is 4.74 Å². The van der Waals surface area contributed by atoms with Crippen molar-refractivity contribution >= 4 is 11.6 Å². The lowest BCUT2D eigenvalue weighted by molar-refractivity contribution is 0.414. The number of aromatic nitrogens is 4. The van der Waals surface area contributed by atoms with Gasteiger partial charge in [-0.1, -0.05) is 24.3 Å². The minimum atomic E-state index is 0.770. The Morgan fingerprint density at radius 2 is 2.15 bits per heavy atom. The van der Waals surface area contributed by atoms with Gasteiger partial charge in [-0.3, -0.25) is 5.10 Å². The number of nitrogens with one attached hydrogen (secondary N) is 1. The van der Waals surface area contributed by atoms with Crippen LogP contribution in [0, 0.1) is 0 Å². The van der Waals surface area contributed by atoms with E-state index in [-0.39, 0.29) is 0 Å². The Morgan fingerprint density at radius 1 is 1.19 bits per heavy atom. The summed E-state index contributed by atoms with van der Waals surface area (Å²) in [5.74, 6) is 2.78. The summed E-state index contributed by atoms with van der Waals surface area (Å²) in [6.45, 7) is 0.770. The second-order valence-corrected chi connectivity index (χ2v) is 6.12. The van der Waals surface area contributed by atoms with E-state index in [1.807, 2.05) is 41.2 Å². The van der Waals surface area contributed by atoms with Crippen LogP contribution in [0.4, 0.5) is 5.82 Å². The number of nitrogens with zero attached hydrogens (tertiary/aromatic N) is 4. The Balaban J connectivity index is 1.47. The highest BCUT2D eigenvalue weighted by Gasteiger charge is 2.17. The summed E-state index contributed by atoms with van der Waals surface area (Å²) in [5, 5.41) is 12.0. The van der Waals surface area contributed by atoms with E-state index in [0.717, 1.165) is 42.5 Å². The molecule has 6 heteroatoms. The largest absolute Gasteiger partial charge is 0.497 e. The van der Waals surface area contributed by atoms with Crippen molar-refractivity contribution in [2.45, 2.75) is 12.8 Å². The predicted octanol–water partition coefficient (Wildman–Crippen LogP) is 3.27. The number of anilines is 1. The smallest absolute Gasteiger partial charge is 0.156 e. The van der Waals surface area contributed by atoms with Crippen LogP contribution >= 0.6 is 0 Å². The number of aryl methyl sites for hydroxylation is 2. The highest BCUT2D eigenvalue weighted by Crippen LogP contribution is 2.23. The van der Waals surface area contributed by atoms with Gasteiger partial charge in [0, 0.05) is 30.7 Å². The molecular weight excluding hydrogens is 326 g/mol. The molecule has 0 unspecified atom stereocenters. The average molecular weight is 347 g/mol. The van der Waals surface area contributed by atoms with Gasteiger partial charge in [0.1, 0.15) is 11.6 Å². The maximum Gasteiger partial charge on any atom is 0.156 e. The molecule has 0 aliphatic carbocycles. The van der Waals surface area contributed by atoms with E-state index in [1.165, 1.54) is 5.56 Å². The van der Waals surface area contributed by atoms with Crippen LogP contribution in [0.2, 0.25) is 0 Å². The fourth-order valence-electron chi connectivity index (χ4n) is 3.04. The first-order chi connectivity index (χ1) is 12.8. The topological polar surface area (TPSA) is 59.0 Å². The zero-order chi connectivity index (χ0) is 17.8. The van der Waals surface area contributed by atoms with Crippen molar-refractivity contribution in [3.63, 3.8) is 0 Å². The van der Waals surface area contributed by atoms with Gasteiger partial charge in [-0.2, -0.15) is 10.2 Å². The number of benzene rings is 1. The van der Waals surface area contributed by atoms with E-state index in [0.29, 0.717) is 0 Å². The molecule has 3 aromatic rings. The summed E-state index contributed by atoms with van der Waals surface area (Å²) in [4.78, 5) is 2.14. The quantitative estimate of drug-likeness (QED) is 0.743. The Bertz CT molecular complexity index is 923. The van der Waals surface area contributed by atoms with Crippen LogP contribution in [0.5, 0.6) is 5.75 Å². The third-order valence-corrected chi connectivity index (χ3v) is 4.40. The molecule has 26 heavy (non-hydrogen) atoms. The standard InChI is InChI=1S/C20H21N5O/c1-26-18-7-4-6-16(14-18)9-10-17-15-19(23-22-17)24-12-3-2-8-20(24)25-13-5-11-21-25/h2-8,11,13-15H,9-10,12H2,1H3,(H,22,23). The van der Waals surface area contributed by atoms with Gasteiger partial charge in [-0.25, -0.2) is 4.68 Å². The SMILES string of the molecule is COc1cccc(CCc2cc(N3CC=CC=C3n3cccn3)n[nH]2)c1. The molecule has 0 amide bonds. The molecule has 0 bridgehead atoms. The third-order valence-electron chi connectivity index (χ3n) is 4.40. The molecule has 1 aliphatic rings. The number of hydrogen-bond acceptors (Lipinski definition) is 4. The van der Waals surface area contributed by atoms with Gasteiger partial charge < -0.3 is 9.64 Å². The zero-order valence-corrected chi connectivity index (χ0v) is 14.7. The van der Waals surface area contributed by atoms with Crippen molar-refractivity contribution in [2.24, 2.45) is 0 Å². The molecule has 2 aromatic heterocycles. The van der Waals surface area contributed by atoms with E-state index in [1.54, 1.807) is 13.3 Å². The summed E-state index contributed by atoms with van der Waals surface area (Å²) in [6.07, 6.45) is 11.7. The lowest BCUT2D eigenvalue weighted by Gasteiger charge is -2.25. The average Bonchev–Trinajstić information content (AvgIpc) is 3.38. The highest BCUT2D eigenvalue weighted by atomic mass is 16.5. The first kappa shape index (κ1) is 16.2. The van der Waals surface area contributed by atoms with E-state index in [2.05, 4.69) is 44.5 Å². The highest BCUT2D eigenvalue weighted by molar-refractivity contribution is 5.68. The number of ether oxygens (including phenoxy) is 1. The van der Waals surface area contributed by atoms with Gasteiger partial charge in [0.2, 0.25) is 0 Å². The molecule has 0 fully saturated rings. The normalized spacial score (nSPS) is 13.7. The molecule has 132 valence electrons. The number of aromatic amines is 1. The molecule has 0 saturated heterocycles. The van der Waals surface area contributed by atoms with Crippen LogP contribution in [0.15, 0.2) is 67.0 Å². The molecule has 0 saturated carbocycles. The predicted molar refractivity (Wildman–Crippen MR) is 102 cm³/mol. The number of H-pyrrole nitrogens is 1. The third kappa shape index (κ3) is 3.39. The Morgan fingerprint density at radius 3 is 3.00 bits per heavy atom. The van der Waals surface area contributed by atoms with Gasteiger partial charge in [-0.05, 0) is 42.7 Å². The number of hydrogen-bond donors (Lipinski definition) is 1. The van der Waals surface area contributed by atoms with Crippen molar-refractivity contribution in [2.75, 3.05) is 18.6 Å². The van der Waals surface area contributed by atoms with Gasteiger partial charge in [0.15, 0.2) is 5.82 Å². The maximum atomic E-state index is 5.29. The number of rotatable bonds is 6. The first-order valence-electron chi connectivity index (χ1n) is 8.65. The van der Waals surface area contributed by atoms with Crippen molar-refractivity contribution in [1.82, 2.24) is 20.0 Å². The summed E-state index contributed by atoms with van der Waals surface area (Å²) in [6, 6.07) is 12.2. The van der Waals surface area contributed by atoms with Crippen molar-refractivity contribution in [3.8, 4) is 5.75 Å². The fraction of sp³-hybridized carbons (Fsp3) is 0.200. The molecule has 1 aromatic carbocycles. The minimum Gasteiger partial charge on any atom is -0.497 e. The van der Waals surface area contributed by atoms with Crippen LogP contribution in [0.25, 0.3) is 5.82 Å². The first-order valence-corrected chi connectivity index (χ1v) is 8.65. The van der Waals surface area contributed by atoms with Gasteiger partial charge >= 0.3 is 0 Å². The summed E-state index contributed by atoms with van der Waals surface area (Å²) < 4.78 is 7.15. The number of methoxy groups -OCH3 is 1. The lowest BCUT2D eigenvalue weighted by Crippen LogP contribution is -2.27. The molecule has 1 aliphatic heterocycles. The molecule has 3 heterocycles. The van der Waals surface area contributed by atoms with Crippen LogP contribution in [0.1, 0.15) is 11.3 Å². The van der Waals surface area contributed by atoms with Crippen LogP contribution in [0.3, 0.4) is 0 Å². The Kier molecular flexibility index (Phi) is 4.55. The van der Waals surface area contributed by atoms with E-state index < -0.39 is 0 Å². The van der Waals surface area contributed by atoms with Gasteiger partial charge in [-0.15, -0.1) is 0 Å². The molecule has 6 nitrogen and oxygen atoms in total. The monoisotopic (exact) mass is 347 g/mol. The van der Waals surface area contributed by atoms with Crippen molar-refractivity contribution in [3.05, 3.63) is 78.3 Å². The van der Waals surface area contributed by atoms with Crippen LogP contribution in [-0.4, -0.2) is 33.6 Å². The minimum absolute atomic E-state index is 0.770. The summed E-state index contributed by atoms with van der Waals surface area (Å²) in [5.41, 5.74) is 2.36. The van der Waals surface area contributed by atoms with Crippen LogP contribution < -0.4 is 9.64 Å². The zero-order valence-electron chi connectivity index (χ0n) is 14.7. The second-order valence-electron chi connectivity index (χ2n) is 6.12. The maximum absolute atomic E-state index is 5.29. The van der Waals surface area contributed by atoms with E-state index in [9.17, 15) is 0 Å². The Labute approximate surface area is 152 Å². The molecular formula is C20H21N5O. The molecule has 0 radical (unpaired) electrons. The summed E-state index contributed by atoms with van der Waals surface area (Å²) >= 11 is 0. The molecule has 1 N–H and O–H groups in total. The summed E-state index contributed by atoms with van der Waals surface area (Å²) in [7, 11) is 1.69. The van der Waals surface area contributed by atoms with Crippen LogP contribution in [-0.2, 0) is 12.8 Å². The van der Waals surface area contributed by atoms with Gasteiger partial charge in [0.25, 0.3) is 0 Å². The van der Waals surface area contributed by atoms with E-state index >= 15 is 0 Å². The molecule has 4 rings (SSSR count). The molecule has 0 atom stereocenters. The van der Waals surface area contributed by atoms with Crippen molar-refractivity contribution in [1.29, 1.82) is 0 Å². The Hall–Kier alpha value is -3.28. The van der Waals surface area contributed by atoms with Gasteiger partial charge in [0.05, 0.1) is 7.11 Å². The number of allylic oxidation sites excluding steroid dienone is 2.